The number of carboxylic acids is 1. The van der Waals surface area contributed by atoms with E-state index in [0.717, 1.165) is 12.0 Å². The van der Waals surface area contributed by atoms with E-state index in [9.17, 15) is 9.59 Å². The topological polar surface area (TPSA) is 84.9 Å². The van der Waals surface area contributed by atoms with Crippen molar-refractivity contribution in [3.8, 4) is 11.5 Å². The molecule has 0 fully saturated rings. The summed E-state index contributed by atoms with van der Waals surface area (Å²) in [6.45, 7) is 6.68. The highest BCUT2D eigenvalue weighted by atomic mass is 16.5. The molecule has 0 saturated heterocycles. The van der Waals surface area contributed by atoms with Crippen LogP contribution in [0.3, 0.4) is 0 Å². The molecule has 0 aliphatic carbocycles. The Hall–Kier alpha value is -3.02. The van der Waals surface area contributed by atoms with Gasteiger partial charge < -0.3 is 19.9 Å². The van der Waals surface area contributed by atoms with Crippen LogP contribution in [0, 0.1) is 6.92 Å². The monoisotopic (exact) mass is 357 g/mol. The van der Waals surface area contributed by atoms with Gasteiger partial charge in [0.1, 0.15) is 0 Å². The van der Waals surface area contributed by atoms with Crippen LogP contribution in [0.5, 0.6) is 11.5 Å². The third kappa shape index (κ3) is 4.75. The van der Waals surface area contributed by atoms with E-state index in [1.807, 2.05) is 13.8 Å². The number of hydrogen-bond acceptors (Lipinski definition) is 4. The normalized spacial score (nSPS) is 10.3. The molecular formula is C20H23NO5. The van der Waals surface area contributed by atoms with Crippen molar-refractivity contribution in [3.05, 3.63) is 53.1 Å². The number of aromatic carboxylic acids is 1. The summed E-state index contributed by atoms with van der Waals surface area (Å²) >= 11 is 0. The summed E-state index contributed by atoms with van der Waals surface area (Å²) in [5.41, 5.74) is 1.75. The summed E-state index contributed by atoms with van der Waals surface area (Å²) in [4.78, 5) is 23.7. The van der Waals surface area contributed by atoms with Crippen molar-refractivity contribution in [1.29, 1.82) is 0 Å². The smallest absolute Gasteiger partial charge is 0.335 e. The van der Waals surface area contributed by atoms with Gasteiger partial charge in [-0.05, 0) is 56.2 Å². The zero-order valence-electron chi connectivity index (χ0n) is 15.2. The Morgan fingerprint density at radius 3 is 2.38 bits per heavy atom. The molecular weight excluding hydrogens is 334 g/mol. The lowest BCUT2D eigenvalue weighted by atomic mass is 10.1. The van der Waals surface area contributed by atoms with Crippen LogP contribution in [0.2, 0.25) is 0 Å². The Morgan fingerprint density at radius 1 is 1.00 bits per heavy atom. The average molecular weight is 357 g/mol. The van der Waals surface area contributed by atoms with E-state index in [0.29, 0.717) is 36.0 Å². The Kier molecular flexibility index (Phi) is 6.60. The number of amides is 1. The van der Waals surface area contributed by atoms with Gasteiger partial charge in [-0.15, -0.1) is 0 Å². The summed E-state index contributed by atoms with van der Waals surface area (Å²) in [6.07, 6.45) is 0.868. The average Bonchev–Trinajstić information content (AvgIpc) is 2.62. The maximum Gasteiger partial charge on any atom is 0.335 e. The first-order valence-corrected chi connectivity index (χ1v) is 8.51. The van der Waals surface area contributed by atoms with Crippen LogP contribution >= 0.6 is 0 Å². The highest BCUT2D eigenvalue weighted by molar-refractivity contribution is 6.05. The molecule has 2 aromatic rings. The van der Waals surface area contributed by atoms with Gasteiger partial charge >= 0.3 is 5.97 Å². The number of ether oxygens (including phenoxy) is 2. The van der Waals surface area contributed by atoms with Gasteiger partial charge in [-0.3, -0.25) is 4.79 Å². The van der Waals surface area contributed by atoms with Gasteiger partial charge in [-0.1, -0.05) is 13.0 Å². The second-order valence-corrected chi connectivity index (χ2v) is 5.73. The van der Waals surface area contributed by atoms with Gasteiger partial charge in [-0.2, -0.15) is 0 Å². The number of hydrogen-bond donors (Lipinski definition) is 2. The van der Waals surface area contributed by atoms with Crippen LogP contribution in [-0.2, 0) is 0 Å². The largest absolute Gasteiger partial charge is 0.490 e. The minimum atomic E-state index is -1.04. The van der Waals surface area contributed by atoms with Crippen molar-refractivity contribution in [3.63, 3.8) is 0 Å². The molecule has 0 bridgehead atoms. The molecule has 0 heterocycles. The summed E-state index contributed by atoms with van der Waals surface area (Å²) in [5, 5.41) is 11.9. The standard InChI is InChI=1S/C20H23NO5/c1-4-10-26-17-9-8-14(12-18(17)25-5-2)19(22)21-16-11-15(20(23)24)7-6-13(16)3/h6-9,11-12H,4-5,10H2,1-3H3,(H,21,22)(H,23,24). The number of aryl methyl sites for hydroxylation is 1. The molecule has 0 unspecified atom stereocenters. The molecule has 0 aliphatic heterocycles. The second kappa shape index (κ2) is 8.89. The van der Waals surface area contributed by atoms with Crippen molar-refractivity contribution in [2.45, 2.75) is 27.2 Å². The predicted molar refractivity (Wildman–Crippen MR) is 99.5 cm³/mol. The lowest BCUT2D eigenvalue weighted by molar-refractivity contribution is 0.0696. The zero-order valence-corrected chi connectivity index (χ0v) is 15.2. The molecule has 0 atom stereocenters. The fourth-order valence-electron chi connectivity index (χ4n) is 2.33. The highest BCUT2D eigenvalue weighted by Crippen LogP contribution is 2.29. The lowest BCUT2D eigenvalue weighted by Crippen LogP contribution is -2.14. The number of nitrogens with one attached hydrogen (secondary N) is 1. The first-order chi connectivity index (χ1) is 12.5. The Morgan fingerprint density at radius 2 is 1.73 bits per heavy atom. The van der Waals surface area contributed by atoms with Crippen molar-refractivity contribution in [2.24, 2.45) is 0 Å². The molecule has 0 aliphatic rings. The van der Waals surface area contributed by atoms with Crippen LogP contribution in [0.4, 0.5) is 5.69 Å². The Bertz CT molecular complexity index is 801. The molecule has 1 amide bonds. The summed E-state index contributed by atoms with van der Waals surface area (Å²) in [5.74, 6) is -0.297. The molecule has 0 spiro atoms. The van der Waals surface area contributed by atoms with Crippen molar-refractivity contribution in [2.75, 3.05) is 18.5 Å². The molecule has 138 valence electrons. The summed E-state index contributed by atoms with van der Waals surface area (Å²) in [6, 6.07) is 9.58. The Labute approximate surface area is 152 Å². The molecule has 6 nitrogen and oxygen atoms in total. The minimum Gasteiger partial charge on any atom is -0.490 e. The molecule has 0 radical (unpaired) electrons. The van der Waals surface area contributed by atoms with Crippen LogP contribution in [-0.4, -0.2) is 30.2 Å². The van der Waals surface area contributed by atoms with E-state index in [2.05, 4.69) is 5.32 Å². The van der Waals surface area contributed by atoms with Gasteiger partial charge in [-0.25, -0.2) is 4.79 Å². The fraction of sp³-hybridized carbons (Fsp3) is 0.300. The summed E-state index contributed by atoms with van der Waals surface area (Å²) < 4.78 is 11.2. The summed E-state index contributed by atoms with van der Waals surface area (Å²) in [7, 11) is 0. The number of carbonyl (C=O) groups excluding carboxylic acids is 1. The predicted octanol–water partition coefficient (Wildman–Crippen LogP) is 4.13. The van der Waals surface area contributed by atoms with Gasteiger partial charge in [0.25, 0.3) is 5.91 Å². The molecule has 2 N–H and O–H groups in total. The van der Waals surface area contributed by atoms with E-state index >= 15 is 0 Å². The minimum absolute atomic E-state index is 0.115. The van der Waals surface area contributed by atoms with E-state index in [-0.39, 0.29) is 11.5 Å². The number of carbonyl (C=O) groups is 2. The van der Waals surface area contributed by atoms with Crippen molar-refractivity contribution < 1.29 is 24.2 Å². The molecule has 2 aromatic carbocycles. The molecule has 2 rings (SSSR count). The molecule has 6 heteroatoms. The SMILES string of the molecule is CCCOc1ccc(C(=O)Nc2cc(C(=O)O)ccc2C)cc1OCC. The highest BCUT2D eigenvalue weighted by Gasteiger charge is 2.14. The van der Waals surface area contributed by atoms with Crippen LogP contribution < -0.4 is 14.8 Å². The quantitative estimate of drug-likeness (QED) is 0.742. The number of benzene rings is 2. The lowest BCUT2D eigenvalue weighted by Gasteiger charge is -2.14. The van der Waals surface area contributed by atoms with Gasteiger partial charge in [0.05, 0.1) is 18.8 Å². The molecule has 0 aromatic heterocycles. The number of rotatable bonds is 8. The van der Waals surface area contributed by atoms with Crippen molar-refractivity contribution in [1.82, 2.24) is 0 Å². The van der Waals surface area contributed by atoms with Crippen LogP contribution in [0.25, 0.3) is 0 Å². The molecule has 0 saturated carbocycles. The maximum absolute atomic E-state index is 12.6. The van der Waals surface area contributed by atoms with E-state index in [1.165, 1.54) is 12.1 Å². The second-order valence-electron chi connectivity index (χ2n) is 5.73. The zero-order chi connectivity index (χ0) is 19.1. The van der Waals surface area contributed by atoms with Gasteiger partial charge in [0.15, 0.2) is 11.5 Å². The van der Waals surface area contributed by atoms with Gasteiger partial charge in [0, 0.05) is 11.3 Å². The maximum atomic E-state index is 12.6. The van der Waals surface area contributed by atoms with E-state index < -0.39 is 5.97 Å². The Balaban J connectivity index is 2.25. The van der Waals surface area contributed by atoms with E-state index in [1.54, 1.807) is 31.2 Å². The van der Waals surface area contributed by atoms with Gasteiger partial charge in [0.2, 0.25) is 0 Å². The fourth-order valence-corrected chi connectivity index (χ4v) is 2.33. The third-order valence-electron chi connectivity index (χ3n) is 3.70. The number of anilines is 1. The first-order valence-electron chi connectivity index (χ1n) is 8.51. The molecule has 26 heavy (non-hydrogen) atoms. The van der Waals surface area contributed by atoms with Crippen LogP contribution in [0.1, 0.15) is 46.5 Å². The van der Waals surface area contributed by atoms with Crippen LogP contribution in [0.15, 0.2) is 36.4 Å². The first kappa shape index (κ1) is 19.3. The third-order valence-corrected chi connectivity index (χ3v) is 3.70. The van der Waals surface area contributed by atoms with E-state index in [4.69, 9.17) is 14.6 Å². The number of carboxylic acid groups (broad SMARTS) is 1. The van der Waals surface area contributed by atoms with Crippen molar-refractivity contribution >= 4 is 17.6 Å².